The van der Waals surface area contributed by atoms with Crippen LogP contribution in [0.25, 0.3) is 22.5 Å². The highest BCUT2D eigenvalue weighted by atomic mass is 16.6. The molecule has 0 N–H and O–H groups in total. The molecule has 2 unspecified atom stereocenters. The first-order valence-corrected chi connectivity index (χ1v) is 15.9. The van der Waals surface area contributed by atoms with Gasteiger partial charge in [-0.05, 0) is 55.4 Å². The molecule has 2 atom stereocenters. The summed E-state index contributed by atoms with van der Waals surface area (Å²) < 4.78 is 17.1. The summed E-state index contributed by atoms with van der Waals surface area (Å²) >= 11 is 0. The van der Waals surface area contributed by atoms with Crippen LogP contribution in [0.5, 0.6) is 5.75 Å². The average molecular weight is 575 g/mol. The van der Waals surface area contributed by atoms with E-state index in [1.165, 1.54) is 44.9 Å². The summed E-state index contributed by atoms with van der Waals surface area (Å²) in [6.45, 7) is 10.4. The summed E-state index contributed by atoms with van der Waals surface area (Å²) in [4.78, 5) is 21.6. The molecule has 0 spiro atoms. The zero-order valence-corrected chi connectivity index (χ0v) is 26.1. The molecule has 1 heterocycles. The van der Waals surface area contributed by atoms with Crippen LogP contribution in [0.4, 0.5) is 0 Å². The molecule has 3 aromatic rings. The SMILES string of the molecule is CCCCCCCCCOc1cnc(-c2ccc(-c3ccc(C(=O)OC(C)COCCCC(C)CC)cc3)cc2)nc1. The molecule has 1 aromatic heterocycles. The van der Waals surface area contributed by atoms with E-state index in [9.17, 15) is 4.79 Å². The van der Waals surface area contributed by atoms with Crippen LogP contribution < -0.4 is 4.74 Å². The highest BCUT2D eigenvalue weighted by Gasteiger charge is 2.13. The lowest BCUT2D eigenvalue weighted by Crippen LogP contribution is -2.20. The Kier molecular flexibility index (Phi) is 15.1. The lowest BCUT2D eigenvalue weighted by atomic mass is 10.0. The number of hydrogen-bond acceptors (Lipinski definition) is 6. The molecule has 0 saturated heterocycles. The van der Waals surface area contributed by atoms with E-state index >= 15 is 0 Å². The van der Waals surface area contributed by atoms with E-state index in [-0.39, 0.29) is 12.1 Å². The molecule has 0 amide bonds. The highest BCUT2D eigenvalue weighted by molar-refractivity contribution is 5.90. The van der Waals surface area contributed by atoms with Crippen molar-refractivity contribution in [2.24, 2.45) is 5.92 Å². The van der Waals surface area contributed by atoms with Gasteiger partial charge in [-0.15, -0.1) is 0 Å². The second kappa shape index (κ2) is 19.0. The monoisotopic (exact) mass is 574 g/mol. The van der Waals surface area contributed by atoms with Crippen molar-refractivity contribution < 1.29 is 19.0 Å². The molecule has 0 aliphatic rings. The summed E-state index contributed by atoms with van der Waals surface area (Å²) in [7, 11) is 0. The fourth-order valence-electron chi connectivity index (χ4n) is 4.67. The van der Waals surface area contributed by atoms with Crippen LogP contribution in [0.1, 0.15) is 102 Å². The maximum absolute atomic E-state index is 12.6. The molecule has 2 aromatic carbocycles. The quantitative estimate of drug-likeness (QED) is 0.0989. The molecule has 0 aliphatic heterocycles. The summed E-state index contributed by atoms with van der Waals surface area (Å²) in [6, 6.07) is 15.6. The van der Waals surface area contributed by atoms with Gasteiger partial charge in [-0.3, -0.25) is 0 Å². The molecule has 0 fully saturated rings. The fraction of sp³-hybridized carbons (Fsp3) is 0.528. The van der Waals surface area contributed by atoms with E-state index in [1.54, 1.807) is 24.5 Å². The van der Waals surface area contributed by atoms with Crippen molar-refractivity contribution in [3.05, 3.63) is 66.5 Å². The molecule has 6 heteroatoms. The van der Waals surface area contributed by atoms with Gasteiger partial charge in [0.2, 0.25) is 0 Å². The van der Waals surface area contributed by atoms with Crippen LogP contribution in [0, 0.1) is 5.92 Å². The van der Waals surface area contributed by atoms with E-state index in [2.05, 4.69) is 30.7 Å². The number of benzene rings is 2. The minimum atomic E-state index is -0.334. The predicted molar refractivity (Wildman–Crippen MR) is 171 cm³/mol. The topological polar surface area (TPSA) is 70.5 Å². The number of nitrogens with zero attached hydrogens (tertiary/aromatic N) is 2. The van der Waals surface area contributed by atoms with Gasteiger partial charge in [-0.25, -0.2) is 14.8 Å². The number of ether oxygens (including phenoxy) is 3. The fourth-order valence-corrected chi connectivity index (χ4v) is 4.67. The molecule has 0 radical (unpaired) electrons. The maximum Gasteiger partial charge on any atom is 0.338 e. The molecule has 6 nitrogen and oxygen atoms in total. The largest absolute Gasteiger partial charge is 0.490 e. The molecular formula is C36H50N2O4. The minimum Gasteiger partial charge on any atom is -0.490 e. The zero-order valence-electron chi connectivity index (χ0n) is 26.1. The summed E-state index contributed by atoms with van der Waals surface area (Å²) in [5.41, 5.74) is 3.54. The molecular weight excluding hydrogens is 524 g/mol. The third-order valence-corrected chi connectivity index (χ3v) is 7.59. The Bertz CT molecular complexity index is 1150. The van der Waals surface area contributed by atoms with Gasteiger partial charge in [0, 0.05) is 12.2 Å². The molecule has 42 heavy (non-hydrogen) atoms. The second-order valence-corrected chi connectivity index (χ2v) is 11.3. The van der Waals surface area contributed by atoms with Crippen LogP contribution in [0.15, 0.2) is 60.9 Å². The van der Waals surface area contributed by atoms with Gasteiger partial charge in [0.05, 0.1) is 31.2 Å². The average Bonchev–Trinajstić information content (AvgIpc) is 3.02. The lowest BCUT2D eigenvalue weighted by molar-refractivity contribution is 0.00121. The van der Waals surface area contributed by atoms with Gasteiger partial charge < -0.3 is 14.2 Å². The molecule has 0 bridgehead atoms. The first-order valence-electron chi connectivity index (χ1n) is 15.9. The van der Waals surface area contributed by atoms with Crippen LogP contribution in [0.2, 0.25) is 0 Å². The van der Waals surface area contributed by atoms with Crippen molar-refractivity contribution in [3.63, 3.8) is 0 Å². The third-order valence-electron chi connectivity index (χ3n) is 7.59. The van der Waals surface area contributed by atoms with Crippen molar-refractivity contribution in [1.82, 2.24) is 9.97 Å². The normalized spacial score (nSPS) is 12.6. The van der Waals surface area contributed by atoms with Crippen molar-refractivity contribution in [3.8, 4) is 28.3 Å². The summed E-state index contributed by atoms with van der Waals surface area (Å²) in [5, 5.41) is 0. The number of rotatable bonds is 20. The summed E-state index contributed by atoms with van der Waals surface area (Å²) in [6.07, 6.45) is 15.4. The molecule has 0 saturated carbocycles. The van der Waals surface area contributed by atoms with Crippen LogP contribution in [0.3, 0.4) is 0 Å². The van der Waals surface area contributed by atoms with Gasteiger partial charge >= 0.3 is 5.97 Å². The Hall–Kier alpha value is -3.25. The zero-order chi connectivity index (χ0) is 30.0. The van der Waals surface area contributed by atoms with Crippen LogP contribution >= 0.6 is 0 Å². The smallest absolute Gasteiger partial charge is 0.338 e. The van der Waals surface area contributed by atoms with Crippen molar-refractivity contribution in [1.29, 1.82) is 0 Å². The molecule has 0 aliphatic carbocycles. The van der Waals surface area contributed by atoms with Gasteiger partial charge in [-0.1, -0.05) is 102 Å². The van der Waals surface area contributed by atoms with E-state index in [4.69, 9.17) is 14.2 Å². The van der Waals surface area contributed by atoms with E-state index in [1.807, 2.05) is 43.3 Å². The Morgan fingerprint density at radius 3 is 1.98 bits per heavy atom. The number of esters is 1. The number of carbonyl (C=O) groups is 1. The Labute approximate surface area is 253 Å². The maximum atomic E-state index is 12.6. The second-order valence-electron chi connectivity index (χ2n) is 11.3. The Morgan fingerprint density at radius 2 is 1.33 bits per heavy atom. The number of aromatic nitrogens is 2. The van der Waals surface area contributed by atoms with Gasteiger partial charge in [0.15, 0.2) is 11.6 Å². The van der Waals surface area contributed by atoms with Crippen molar-refractivity contribution >= 4 is 5.97 Å². The van der Waals surface area contributed by atoms with E-state index < -0.39 is 0 Å². The standard InChI is InChI=1S/C36H50N2O4/c1-5-7-8-9-10-11-12-24-41-34-25-37-35(38-26-34)32-19-15-30(16-20-32)31-17-21-33(22-18-31)36(39)42-29(4)27-40-23-13-14-28(3)6-2/h15-22,25-26,28-29H,5-14,23-24,27H2,1-4H3. The number of carbonyl (C=O) groups excluding carboxylic acids is 1. The van der Waals surface area contributed by atoms with Gasteiger partial charge in [-0.2, -0.15) is 0 Å². The number of unbranched alkanes of at least 4 members (excludes halogenated alkanes) is 6. The predicted octanol–water partition coefficient (Wildman–Crippen LogP) is 9.33. The third kappa shape index (κ3) is 11.9. The number of hydrogen-bond donors (Lipinski definition) is 0. The Balaban J connectivity index is 1.41. The van der Waals surface area contributed by atoms with Gasteiger partial charge in [0.25, 0.3) is 0 Å². The minimum absolute atomic E-state index is 0.290. The highest BCUT2D eigenvalue weighted by Crippen LogP contribution is 2.24. The van der Waals surface area contributed by atoms with Gasteiger partial charge in [0.1, 0.15) is 6.10 Å². The van der Waals surface area contributed by atoms with Crippen molar-refractivity contribution in [2.75, 3.05) is 19.8 Å². The summed E-state index contributed by atoms with van der Waals surface area (Å²) in [5.74, 6) is 1.76. The molecule has 3 rings (SSSR count). The van der Waals surface area contributed by atoms with Crippen LogP contribution in [-0.2, 0) is 9.47 Å². The van der Waals surface area contributed by atoms with Crippen LogP contribution in [-0.4, -0.2) is 41.9 Å². The Morgan fingerprint density at radius 1 is 0.738 bits per heavy atom. The lowest BCUT2D eigenvalue weighted by Gasteiger charge is -2.14. The van der Waals surface area contributed by atoms with E-state index in [0.29, 0.717) is 37.0 Å². The van der Waals surface area contributed by atoms with E-state index in [0.717, 1.165) is 41.9 Å². The first kappa shape index (κ1) is 33.3. The molecule has 228 valence electrons. The first-order chi connectivity index (χ1) is 20.5. The van der Waals surface area contributed by atoms with Crippen molar-refractivity contribution in [2.45, 2.75) is 98.0 Å².